The van der Waals surface area contributed by atoms with Crippen LogP contribution in [0.25, 0.3) is 0 Å². The quantitative estimate of drug-likeness (QED) is 0.928. The van der Waals surface area contributed by atoms with E-state index in [1.807, 2.05) is 13.0 Å². The third-order valence-corrected chi connectivity index (χ3v) is 3.72. The van der Waals surface area contributed by atoms with E-state index in [0.29, 0.717) is 17.9 Å². The number of nitrogens with one attached hydrogen (secondary N) is 1. The zero-order chi connectivity index (χ0) is 13.8. The van der Waals surface area contributed by atoms with Crippen LogP contribution < -0.4 is 10.1 Å². The molecule has 0 spiro atoms. The Hall–Kier alpha value is -1.07. The maximum atomic E-state index is 12.3. The van der Waals surface area contributed by atoms with Crippen LogP contribution in [0.3, 0.4) is 0 Å². The van der Waals surface area contributed by atoms with E-state index in [4.69, 9.17) is 9.47 Å². The molecule has 5 heteroatoms. The Bertz CT molecular complexity index is 464. The summed E-state index contributed by atoms with van der Waals surface area (Å²) in [6, 6.07) is 5.57. The average Bonchev–Trinajstić information content (AvgIpc) is 2.38. The predicted molar refractivity (Wildman–Crippen MR) is 76.6 cm³/mol. The van der Waals surface area contributed by atoms with E-state index in [9.17, 15) is 4.79 Å². The van der Waals surface area contributed by atoms with E-state index in [0.717, 1.165) is 17.3 Å². The van der Waals surface area contributed by atoms with Gasteiger partial charge < -0.3 is 14.8 Å². The Morgan fingerprint density at radius 3 is 3.00 bits per heavy atom. The molecule has 19 heavy (non-hydrogen) atoms. The minimum Gasteiger partial charge on any atom is -0.496 e. The van der Waals surface area contributed by atoms with E-state index >= 15 is 0 Å². The fourth-order valence-corrected chi connectivity index (χ4v) is 2.59. The standard InChI is InChI=1S/C14H18BrNO3/c1-9-7-11(5-6-19-9)16-14(17)12-4-3-10(15)8-13(12)18-2/h3-4,8-9,11H,5-7H2,1-2H3,(H,16,17). The van der Waals surface area contributed by atoms with Gasteiger partial charge in [-0.3, -0.25) is 4.79 Å². The van der Waals surface area contributed by atoms with Crippen LogP contribution in [-0.2, 0) is 4.74 Å². The van der Waals surface area contributed by atoms with E-state index in [1.54, 1.807) is 19.2 Å². The van der Waals surface area contributed by atoms with Gasteiger partial charge in [-0.2, -0.15) is 0 Å². The maximum absolute atomic E-state index is 12.3. The highest BCUT2D eigenvalue weighted by Crippen LogP contribution is 2.24. The third kappa shape index (κ3) is 3.70. The first kappa shape index (κ1) is 14.3. The summed E-state index contributed by atoms with van der Waals surface area (Å²) in [6.07, 6.45) is 1.91. The summed E-state index contributed by atoms with van der Waals surface area (Å²) in [6.45, 7) is 2.72. The van der Waals surface area contributed by atoms with Gasteiger partial charge in [0.05, 0.1) is 18.8 Å². The average molecular weight is 328 g/mol. The molecule has 1 amide bonds. The van der Waals surface area contributed by atoms with Crippen molar-refractivity contribution < 1.29 is 14.3 Å². The largest absolute Gasteiger partial charge is 0.496 e. The van der Waals surface area contributed by atoms with Crippen molar-refractivity contribution >= 4 is 21.8 Å². The van der Waals surface area contributed by atoms with E-state index < -0.39 is 0 Å². The first-order valence-electron chi connectivity index (χ1n) is 6.36. The first-order valence-corrected chi connectivity index (χ1v) is 7.15. The zero-order valence-electron chi connectivity index (χ0n) is 11.1. The number of benzene rings is 1. The number of rotatable bonds is 3. The fourth-order valence-electron chi connectivity index (χ4n) is 2.24. The van der Waals surface area contributed by atoms with Crippen molar-refractivity contribution in [3.63, 3.8) is 0 Å². The summed E-state index contributed by atoms with van der Waals surface area (Å²) in [5.41, 5.74) is 0.560. The summed E-state index contributed by atoms with van der Waals surface area (Å²) in [4.78, 5) is 12.3. The van der Waals surface area contributed by atoms with Crippen LogP contribution in [0, 0.1) is 0 Å². The SMILES string of the molecule is COc1cc(Br)ccc1C(=O)NC1CCOC(C)C1. The Morgan fingerprint density at radius 2 is 2.32 bits per heavy atom. The second kappa shape index (κ2) is 6.39. The van der Waals surface area contributed by atoms with E-state index in [2.05, 4.69) is 21.2 Å². The molecule has 2 unspecified atom stereocenters. The van der Waals surface area contributed by atoms with E-state index in [-0.39, 0.29) is 18.1 Å². The van der Waals surface area contributed by atoms with Crippen molar-refractivity contribution in [3.05, 3.63) is 28.2 Å². The molecule has 1 fully saturated rings. The molecule has 0 bridgehead atoms. The van der Waals surface area contributed by atoms with Gasteiger partial charge in [-0.25, -0.2) is 0 Å². The van der Waals surface area contributed by atoms with E-state index in [1.165, 1.54) is 0 Å². The van der Waals surface area contributed by atoms with Crippen LogP contribution in [0.2, 0.25) is 0 Å². The van der Waals surface area contributed by atoms with Crippen molar-refractivity contribution in [2.75, 3.05) is 13.7 Å². The number of hydrogen-bond acceptors (Lipinski definition) is 3. The minimum atomic E-state index is -0.0940. The lowest BCUT2D eigenvalue weighted by Gasteiger charge is -2.28. The van der Waals surface area contributed by atoms with Crippen LogP contribution in [0.15, 0.2) is 22.7 Å². The van der Waals surface area contributed by atoms with Gasteiger partial charge in [0, 0.05) is 17.1 Å². The molecular formula is C14H18BrNO3. The highest BCUT2D eigenvalue weighted by Gasteiger charge is 2.22. The lowest BCUT2D eigenvalue weighted by Crippen LogP contribution is -2.41. The number of amides is 1. The molecule has 1 N–H and O–H groups in total. The van der Waals surface area contributed by atoms with Crippen LogP contribution in [0.5, 0.6) is 5.75 Å². The second-order valence-electron chi connectivity index (χ2n) is 4.72. The van der Waals surface area contributed by atoms with Gasteiger partial charge >= 0.3 is 0 Å². The first-order chi connectivity index (χ1) is 9.10. The molecule has 1 aliphatic heterocycles. The van der Waals surface area contributed by atoms with Gasteiger partial charge in [-0.1, -0.05) is 15.9 Å². The number of hydrogen-bond donors (Lipinski definition) is 1. The molecule has 0 aliphatic carbocycles. The van der Waals surface area contributed by atoms with Crippen molar-refractivity contribution in [2.45, 2.75) is 31.9 Å². The van der Waals surface area contributed by atoms with Gasteiger partial charge in [0.1, 0.15) is 5.75 Å². The molecule has 1 aliphatic rings. The highest BCUT2D eigenvalue weighted by molar-refractivity contribution is 9.10. The Labute approximate surface area is 121 Å². The highest BCUT2D eigenvalue weighted by atomic mass is 79.9. The molecule has 4 nitrogen and oxygen atoms in total. The molecule has 104 valence electrons. The number of carbonyl (C=O) groups is 1. The Kier molecular flexibility index (Phi) is 4.82. The van der Waals surface area contributed by atoms with Gasteiger partial charge in [0.2, 0.25) is 0 Å². The lowest BCUT2D eigenvalue weighted by molar-refractivity contribution is 0.0136. The molecule has 1 aromatic rings. The van der Waals surface area contributed by atoms with Gasteiger partial charge in [0.15, 0.2) is 0 Å². The van der Waals surface area contributed by atoms with Crippen LogP contribution in [0.4, 0.5) is 0 Å². The molecule has 2 rings (SSSR count). The molecule has 1 saturated heterocycles. The van der Waals surface area contributed by atoms with Crippen molar-refractivity contribution in [1.82, 2.24) is 5.32 Å². The van der Waals surface area contributed by atoms with Gasteiger partial charge in [-0.05, 0) is 38.0 Å². The second-order valence-corrected chi connectivity index (χ2v) is 5.64. The maximum Gasteiger partial charge on any atom is 0.255 e. The summed E-state index contributed by atoms with van der Waals surface area (Å²) < 4.78 is 11.6. The van der Waals surface area contributed by atoms with Crippen molar-refractivity contribution in [1.29, 1.82) is 0 Å². The lowest BCUT2D eigenvalue weighted by atomic mass is 10.0. The molecule has 0 aromatic heterocycles. The minimum absolute atomic E-state index is 0.0940. The number of methoxy groups -OCH3 is 1. The van der Waals surface area contributed by atoms with Crippen LogP contribution in [-0.4, -0.2) is 31.8 Å². The summed E-state index contributed by atoms with van der Waals surface area (Å²) in [5, 5.41) is 3.05. The van der Waals surface area contributed by atoms with Crippen molar-refractivity contribution in [3.8, 4) is 5.75 Å². The zero-order valence-corrected chi connectivity index (χ0v) is 12.7. The topological polar surface area (TPSA) is 47.6 Å². The molecule has 1 heterocycles. The summed E-state index contributed by atoms with van der Waals surface area (Å²) in [7, 11) is 1.56. The van der Waals surface area contributed by atoms with Crippen molar-refractivity contribution in [2.24, 2.45) is 0 Å². The predicted octanol–water partition coefficient (Wildman–Crippen LogP) is 2.76. The molecule has 2 atom stereocenters. The number of carbonyl (C=O) groups excluding carboxylic acids is 1. The monoisotopic (exact) mass is 327 g/mol. The van der Waals surface area contributed by atoms with Crippen LogP contribution >= 0.6 is 15.9 Å². The normalized spacial score (nSPS) is 22.9. The third-order valence-electron chi connectivity index (χ3n) is 3.23. The van der Waals surface area contributed by atoms with Gasteiger partial charge in [-0.15, -0.1) is 0 Å². The molecule has 1 aromatic carbocycles. The Balaban J connectivity index is 2.07. The van der Waals surface area contributed by atoms with Crippen LogP contribution in [0.1, 0.15) is 30.1 Å². The number of ether oxygens (including phenoxy) is 2. The summed E-state index contributed by atoms with van der Waals surface area (Å²) in [5.74, 6) is 0.482. The van der Waals surface area contributed by atoms with Gasteiger partial charge in [0.25, 0.3) is 5.91 Å². The fraction of sp³-hybridized carbons (Fsp3) is 0.500. The molecular weight excluding hydrogens is 310 g/mol. The molecule has 0 radical (unpaired) electrons. The smallest absolute Gasteiger partial charge is 0.255 e. The Morgan fingerprint density at radius 1 is 1.53 bits per heavy atom. The molecule has 0 saturated carbocycles. The summed E-state index contributed by atoms with van der Waals surface area (Å²) >= 11 is 3.36. The number of halogens is 1.